The number of allylic oxidation sites excluding steroid dienone is 1. The summed E-state index contributed by atoms with van der Waals surface area (Å²) in [5, 5.41) is 2.51. The van der Waals surface area contributed by atoms with Gasteiger partial charge >= 0.3 is 0 Å². The highest BCUT2D eigenvalue weighted by molar-refractivity contribution is 6.15. The molecule has 1 N–H and O–H groups in total. The maximum atomic E-state index is 12.2. The minimum Gasteiger partial charge on any atom is -0.452 e. The molecule has 0 aliphatic carbocycles. The van der Waals surface area contributed by atoms with Crippen molar-refractivity contribution in [3.05, 3.63) is 65.4 Å². The predicted molar refractivity (Wildman–Crippen MR) is 75.5 cm³/mol. The number of rotatable bonds is 3. The van der Waals surface area contributed by atoms with E-state index in [1.807, 2.05) is 30.3 Å². The Morgan fingerprint density at radius 2 is 1.85 bits per heavy atom. The largest absolute Gasteiger partial charge is 0.452 e. The molecular weight excluding hydrogens is 254 g/mol. The van der Waals surface area contributed by atoms with Gasteiger partial charge in [-0.25, -0.2) is 0 Å². The second-order valence-electron chi connectivity index (χ2n) is 4.32. The number of nitrogens with one attached hydrogen (secondary N) is 1. The molecule has 0 saturated carbocycles. The zero-order valence-corrected chi connectivity index (χ0v) is 10.5. The van der Waals surface area contributed by atoms with Gasteiger partial charge in [-0.1, -0.05) is 30.3 Å². The van der Waals surface area contributed by atoms with Crippen molar-refractivity contribution < 1.29 is 14.3 Å². The molecule has 1 aliphatic rings. The number of anilines is 1. The first-order valence-electron chi connectivity index (χ1n) is 6.11. The Labute approximate surface area is 115 Å². The van der Waals surface area contributed by atoms with Crippen LogP contribution in [0.15, 0.2) is 54.3 Å². The first-order chi connectivity index (χ1) is 9.78. The lowest BCUT2D eigenvalue weighted by Gasteiger charge is -2.00. The van der Waals surface area contributed by atoms with Crippen LogP contribution in [0.25, 0.3) is 6.08 Å². The summed E-state index contributed by atoms with van der Waals surface area (Å²) < 4.78 is 5.55. The summed E-state index contributed by atoms with van der Waals surface area (Å²) in [6, 6.07) is 14.5. The normalized spacial score (nSPS) is 14.8. The number of ketones is 1. The fourth-order valence-corrected chi connectivity index (χ4v) is 2.05. The Balaban J connectivity index is 1.95. The molecule has 0 unspecified atom stereocenters. The summed E-state index contributed by atoms with van der Waals surface area (Å²) in [6.45, 7) is 0. The molecule has 3 rings (SSSR count). The van der Waals surface area contributed by atoms with Crippen molar-refractivity contribution in [1.29, 1.82) is 0 Å². The first kappa shape index (κ1) is 12.2. The van der Waals surface area contributed by atoms with E-state index in [1.54, 1.807) is 24.3 Å². The maximum absolute atomic E-state index is 12.2. The van der Waals surface area contributed by atoms with Crippen LogP contribution in [0.3, 0.4) is 0 Å². The second-order valence-corrected chi connectivity index (χ2v) is 4.32. The van der Waals surface area contributed by atoms with Gasteiger partial charge in [0, 0.05) is 5.69 Å². The highest BCUT2D eigenvalue weighted by Gasteiger charge is 2.27. The zero-order chi connectivity index (χ0) is 13.9. The Morgan fingerprint density at radius 1 is 1.05 bits per heavy atom. The molecule has 4 nitrogen and oxygen atoms in total. The van der Waals surface area contributed by atoms with Crippen molar-refractivity contribution in [3.8, 4) is 5.75 Å². The van der Waals surface area contributed by atoms with Crippen LogP contribution in [0.2, 0.25) is 0 Å². The summed E-state index contributed by atoms with van der Waals surface area (Å²) in [6.07, 6.45) is 2.28. The molecule has 0 bridgehead atoms. The zero-order valence-electron chi connectivity index (χ0n) is 10.5. The summed E-state index contributed by atoms with van der Waals surface area (Å²) in [4.78, 5) is 22.7. The number of Topliss-reactive ketones (excluding diaryl/α,β-unsaturated/α-hetero) is 1. The van der Waals surface area contributed by atoms with Crippen LogP contribution < -0.4 is 10.1 Å². The third-order valence-electron chi connectivity index (χ3n) is 2.99. The fourth-order valence-electron chi connectivity index (χ4n) is 2.05. The number of hydrogen-bond acceptors (Lipinski definition) is 3. The lowest BCUT2D eigenvalue weighted by atomic mass is 10.1. The van der Waals surface area contributed by atoms with E-state index in [0.717, 1.165) is 5.56 Å². The van der Waals surface area contributed by atoms with Gasteiger partial charge in [-0.3, -0.25) is 9.59 Å². The minimum atomic E-state index is -0.182. The molecule has 1 amide bonds. The van der Waals surface area contributed by atoms with Gasteiger partial charge < -0.3 is 10.1 Å². The fraction of sp³-hybridized carbons (Fsp3) is 0. The number of amides is 1. The number of carbonyl (C=O) groups excluding carboxylic acids is 2. The van der Waals surface area contributed by atoms with Gasteiger partial charge in [-0.15, -0.1) is 0 Å². The molecule has 0 aromatic heterocycles. The molecule has 2 aromatic carbocycles. The predicted octanol–water partition coefficient (Wildman–Crippen LogP) is 2.87. The van der Waals surface area contributed by atoms with E-state index in [4.69, 9.17) is 4.74 Å². The van der Waals surface area contributed by atoms with Crippen molar-refractivity contribution in [3.63, 3.8) is 0 Å². The van der Waals surface area contributed by atoms with Gasteiger partial charge in [0.05, 0.1) is 5.56 Å². The van der Waals surface area contributed by atoms with Crippen molar-refractivity contribution >= 4 is 24.0 Å². The molecule has 98 valence electrons. The third kappa shape index (κ3) is 2.19. The monoisotopic (exact) mass is 265 g/mol. The number of benzene rings is 2. The van der Waals surface area contributed by atoms with Gasteiger partial charge in [-0.2, -0.15) is 0 Å². The van der Waals surface area contributed by atoms with Gasteiger partial charge in [-0.05, 0) is 29.8 Å². The van der Waals surface area contributed by atoms with E-state index < -0.39 is 0 Å². The molecule has 0 spiro atoms. The van der Waals surface area contributed by atoms with Crippen LogP contribution >= 0.6 is 0 Å². The van der Waals surface area contributed by atoms with E-state index >= 15 is 0 Å². The Hall–Kier alpha value is -2.88. The summed E-state index contributed by atoms with van der Waals surface area (Å²) in [7, 11) is 0. The Morgan fingerprint density at radius 3 is 2.60 bits per heavy atom. The first-order valence-corrected chi connectivity index (χ1v) is 6.11. The standard InChI is InChI=1S/C16H11NO3/c18-10-17-12-6-7-14-13(9-12)16(19)15(20-14)8-11-4-2-1-3-5-11/h1-10H,(H,17,18)/b15-8-. The SMILES string of the molecule is O=CNc1ccc2c(c1)C(=O)/C(=C/c1ccccc1)O2. The van der Waals surface area contributed by atoms with Gasteiger partial charge in [0.15, 0.2) is 5.76 Å². The number of carbonyl (C=O) groups is 2. The van der Waals surface area contributed by atoms with Gasteiger partial charge in [0.2, 0.25) is 12.2 Å². The van der Waals surface area contributed by atoms with E-state index in [-0.39, 0.29) is 11.5 Å². The van der Waals surface area contributed by atoms with Crippen LogP contribution in [0.1, 0.15) is 15.9 Å². The highest BCUT2D eigenvalue weighted by Crippen LogP contribution is 2.33. The molecule has 0 fully saturated rings. The van der Waals surface area contributed by atoms with Crippen LogP contribution in [-0.2, 0) is 4.79 Å². The number of hydrogen-bond donors (Lipinski definition) is 1. The van der Waals surface area contributed by atoms with Crippen molar-refractivity contribution in [1.82, 2.24) is 0 Å². The average molecular weight is 265 g/mol. The van der Waals surface area contributed by atoms with Crippen molar-refractivity contribution in [2.24, 2.45) is 0 Å². The van der Waals surface area contributed by atoms with Crippen LogP contribution in [0.4, 0.5) is 5.69 Å². The molecule has 0 saturated heterocycles. The van der Waals surface area contributed by atoms with E-state index in [9.17, 15) is 9.59 Å². The molecule has 0 radical (unpaired) electrons. The number of ether oxygens (including phenoxy) is 1. The Kier molecular flexibility index (Phi) is 3.05. The summed E-state index contributed by atoms with van der Waals surface area (Å²) in [5.74, 6) is 0.612. The molecule has 1 heterocycles. The lowest BCUT2D eigenvalue weighted by Crippen LogP contribution is -1.99. The van der Waals surface area contributed by atoms with E-state index in [1.165, 1.54) is 0 Å². The van der Waals surface area contributed by atoms with Gasteiger partial charge in [0.25, 0.3) is 0 Å². The Bertz CT molecular complexity index is 705. The summed E-state index contributed by atoms with van der Waals surface area (Å²) in [5.41, 5.74) is 1.92. The third-order valence-corrected chi connectivity index (χ3v) is 2.99. The topological polar surface area (TPSA) is 55.4 Å². The smallest absolute Gasteiger partial charge is 0.232 e. The summed E-state index contributed by atoms with van der Waals surface area (Å²) >= 11 is 0. The van der Waals surface area contributed by atoms with Crippen LogP contribution in [0.5, 0.6) is 5.75 Å². The molecule has 1 aliphatic heterocycles. The lowest BCUT2D eigenvalue weighted by molar-refractivity contribution is -0.105. The molecule has 4 heteroatoms. The molecular formula is C16H11NO3. The van der Waals surface area contributed by atoms with E-state index in [0.29, 0.717) is 23.4 Å². The second kappa shape index (κ2) is 5.01. The average Bonchev–Trinajstić information content (AvgIpc) is 2.77. The quantitative estimate of drug-likeness (QED) is 0.685. The van der Waals surface area contributed by atoms with Crippen molar-refractivity contribution in [2.45, 2.75) is 0 Å². The minimum absolute atomic E-state index is 0.182. The maximum Gasteiger partial charge on any atom is 0.232 e. The van der Waals surface area contributed by atoms with E-state index in [2.05, 4.69) is 5.32 Å². The molecule has 0 atom stereocenters. The number of fused-ring (bicyclic) bond motifs is 1. The van der Waals surface area contributed by atoms with Crippen LogP contribution in [0, 0.1) is 0 Å². The molecule has 2 aromatic rings. The highest BCUT2D eigenvalue weighted by atomic mass is 16.5. The molecule has 20 heavy (non-hydrogen) atoms. The van der Waals surface area contributed by atoms with Crippen molar-refractivity contribution in [2.75, 3.05) is 5.32 Å². The van der Waals surface area contributed by atoms with Gasteiger partial charge in [0.1, 0.15) is 5.75 Å². The van der Waals surface area contributed by atoms with Crippen LogP contribution in [-0.4, -0.2) is 12.2 Å².